The zero-order valence-corrected chi connectivity index (χ0v) is 21.1. The van der Waals surface area contributed by atoms with Crippen LogP contribution in [-0.4, -0.2) is 69.2 Å². The Morgan fingerprint density at radius 2 is 2.09 bits per heavy atom. The van der Waals surface area contributed by atoms with Gasteiger partial charge in [-0.25, -0.2) is 9.78 Å². The molecule has 2 saturated heterocycles. The number of amides is 1. The number of hydrogen-bond acceptors (Lipinski definition) is 9. The highest BCUT2D eigenvalue weighted by molar-refractivity contribution is 8.03. The Morgan fingerprint density at radius 3 is 2.77 bits per heavy atom. The number of nitrogens with one attached hydrogen (secondary N) is 1. The number of aliphatic hydroxyl groups excluding tert-OH is 1. The van der Waals surface area contributed by atoms with E-state index in [1.54, 1.807) is 30.0 Å². The van der Waals surface area contributed by atoms with Crippen LogP contribution < -0.4 is 15.0 Å². The van der Waals surface area contributed by atoms with Crippen LogP contribution in [0, 0.1) is 11.8 Å². The zero-order chi connectivity index (χ0) is 24.7. The van der Waals surface area contributed by atoms with Gasteiger partial charge in [-0.1, -0.05) is 25.1 Å². The molecule has 0 unspecified atom stereocenters. The fourth-order valence-electron chi connectivity index (χ4n) is 4.88. The van der Waals surface area contributed by atoms with E-state index >= 15 is 0 Å². The fraction of sp³-hybridized carbons (Fsp3) is 0.458. The van der Waals surface area contributed by atoms with E-state index in [-0.39, 0.29) is 28.8 Å². The van der Waals surface area contributed by atoms with Crippen LogP contribution in [0.25, 0.3) is 0 Å². The molecule has 1 aromatic heterocycles. The first kappa shape index (κ1) is 24.1. The quantitative estimate of drug-likeness (QED) is 0.249. The smallest absolute Gasteiger partial charge is 0.353 e. The Labute approximate surface area is 211 Å². The molecule has 0 bridgehead atoms. The molecule has 5 rings (SSSR count). The number of carboxylic acid groups (broad SMARTS) is 1. The molecule has 3 aliphatic rings. The van der Waals surface area contributed by atoms with Gasteiger partial charge in [0, 0.05) is 41.1 Å². The van der Waals surface area contributed by atoms with Crippen molar-refractivity contribution in [3.05, 3.63) is 52.0 Å². The first-order valence-corrected chi connectivity index (χ1v) is 13.3. The minimum atomic E-state index is -1.08. The van der Waals surface area contributed by atoms with E-state index < -0.39 is 18.0 Å². The third kappa shape index (κ3) is 4.53. The number of fused-ring (bicyclic) bond motifs is 1. The minimum Gasteiger partial charge on any atom is -0.478 e. The number of anilines is 1. The minimum absolute atomic E-state index is 0.0909. The molecule has 35 heavy (non-hydrogen) atoms. The van der Waals surface area contributed by atoms with Gasteiger partial charge in [-0.05, 0) is 19.1 Å². The van der Waals surface area contributed by atoms with Crippen LogP contribution in [0.5, 0.6) is 5.75 Å². The van der Waals surface area contributed by atoms with Crippen molar-refractivity contribution >= 4 is 40.1 Å². The van der Waals surface area contributed by atoms with Crippen LogP contribution in [0.1, 0.15) is 19.5 Å². The second kappa shape index (κ2) is 9.81. The molecule has 11 heteroatoms. The Bertz CT molecular complexity index is 1130. The van der Waals surface area contributed by atoms with Gasteiger partial charge in [-0.2, -0.15) is 0 Å². The van der Waals surface area contributed by atoms with Crippen LogP contribution in [0.2, 0.25) is 0 Å². The van der Waals surface area contributed by atoms with Crippen molar-refractivity contribution in [2.75, 3.05) is 24.7 Å². The maximum absolute atomic E-state index is 12.5. The number of carboxylic acids is 1. The van der Waals surface area contributed by atoms with Crippen LogP contribution in [-0.2, 0) is 16.1 Å². The Balaban J connectivity index is 1.13. The molecule has 0 spiro atoms. The molecule has 0 saturated carbocycles. The van der Waals surface area contributed by atoms with Gasteiger partial charge in [-0.3, -0.25) is 10.1 Å². The molecule has 3 aliphatic heterocycles. The van der Waals surface area contributed by atoms with Crippen LogP contribution in [0.4, 0.5) is 5.13 Å². The molecule has 4 heterocycles. The average molecular weight is 517 g/mol. The molecule has 0 radical (unpaired) electrons. The third-order valence-electron chi connectivity index (χ3n) is 6.65. The highest BCUT2D eigenvalue weighted by atomic mass is 32.2. The molecule has 1 amide bonds. The van der Waals surface area contributed by atoms with Crippen molar-refractivity contribution in [3.8, 4) is 5.75 Å². The summed E-state index contributed by atoms with van der Waals surface area (Å²) in [6, 6.07) is 9.36. The van der Waals surface area contributed by atoms with E-state index in [4.69, 9.17) is 9.72 Å². The first-order chi connectivity index (χ1) is 16.8. The lowest BCUT2D eigenvalue weighted by atomic mass is 9.79. The number of nitrogens with zero attached hydrogens (tertiary/aromatic N) is 3. The number of rotatable bonds is 10. The molecule has 2 aromatic rings. The van der Waals surface area contributed by atoms with Gasteiger partial charge in [0.05, 0.1) is 23.8 Å². The van der Waals surface area contributed by atoms with Crippen molar-refractivity contribution in [1.82, 2.24) is 15.2 Å². The molecule has 186 valence electrons. The van der Waals surface area contributed by atoms with Gasteiger partial charge in [0.15, 0.2) is 5.13 Å². The summed E-state index contributed by atoms with van der Waals surface area (Å²) in [5, 5.41) is 26.2. The average Bonchev–Trinajstić information content (AvgIpc) is 3.35. The summed E-state index contributed by atoms with van der Waals surface area (Å²) < 4.78 is 5.64. The topological polar surface area (TPSA) is 115 Å². The number of thioether (sulfide) groups is 1. The number of para-hydroxylation sites is 1. The number of β-lactam (4-membered cyclic amide) rings is 1. The van der Waals surface area contributed by atoms with Gasteiger partial charge in [0.25, 0.3) is 0 Å². The fourth-order valence-corrected chi connectivity index (χ4v) is 7.25. The number of aromatic nitrogens is 1. The number of hydrogen-bond donors (Lipinski definition) is 3. The molecule has 1 aromatic carbocycles. The van der Waals surface area contributed by atoms with Gasteiger partial charge >= 0.3 is 5.97 Å². The Hall–Kier alpha value is -2.60. The lowest BCUT2D eigenvalue weighted by Gasteiger charge is -2.46. The maximum Gasteiger partial charge on any atom is 0.353 e. The highest BCUT2D eigenvalue weighted by Crippen LogP contribution is 2.52. The first-order valence-electron chi connectivity index (χ1n) is 11.6. The van der Waals surface area contributed by atoms with E-state index in [9.17, 15) is 19.8 Å². The maximum atomic E-state index is 12.5. The SMILES string of the molecule is C[C@@H](O)[C@H]1C(=O)N2C(C(=O)O)=C(SC3CN(c4nc(CNCOc5ccccc5)cs4)C3)[C@H](C)[C@H]12. The van der Waals surface area contributed by atoms with Gasteiger partial charge in [0.2, 0.25) is 5.91 Å². The molecular formula is C24H28N4O5S2. The summed E-state index contributed by atoms with van der Waals surface area (Å²) in [5.74, 6) is -1.19. The van der Waals surface area contributed by atoms with E-state index in [1.807, 2.05) is 42.6 Å². The monoisotopic (exact) mass is 516 g/mol. The summed E-state index contributed by atoms with van der Waals surface area (Å²) in [7, 11) is 0. The predicted octanol–water partition coefficient (Wildman–Crippen LogP) is 2.34. The number of carbonyl (C=O) groups excluding carboxylic acids is 1. The Kier molecular flexibility index (Phi) is 6.75. The third-order valence-corrected chi connectivity index (χ3v) is 9.05. The van der Waals surface area contributed by atoms with E-state index in [1.165, 1.54) is 4.90 Å². The van der Waals surface area contributed by atoms with Gasteiger partial charge in [-0.15, -0.1) is 23.1 Å². The summed E-state index contributed by atoms with van der Waals surface area (Å²) in [6.07, 6.45) is -0.789. The summed E-state index contributed by atoms with van der Waals surface area (Å²) in [6.45, 7) is 6.09. The number of aliphatic hydroxyl groups is 1. The van der Waals surface area contributed by atoms with E-state index in [0.717, 1.165) is 34.6 Å². The molecule has 3 N–H and O–H groups in total. The number of benzene rings is 1. The summed E-state index contributed by atoms with van der Waals surface area (Å²) in [5.41, 5.74) is 1.04. The molecular weight excluding hydrogens is 488 g/mol. The van der Waals surface area contributed by atoms with Gasteiger partial charge < -0.3 is 24.7 Å². The second-order valence-corrected chi connectivity index (χ2v) is 11.2. The van der Waals surface area contributed by atoms with Crippen molar-refractivity contribution in [2.24, 2.45) is 11.8 Å². The zero-order valence-electron chi connectivity index (χ0n) is 19.5. The van der Waals surface area contributed by atoms with Gasteiger partial charge in [0.1, 0.15) is 18.2 Å². The van der Waals surface area contributed by atoms with Crippen LogP contribution in [0.3, 0.4) is 0 Å². The lowest BCUT2D eigenvalue weighted by molar-refractivity contribution is -0.163. The largest absolute Gasteiger partial charge is 0.478 e. The number of carbonyl (C=O) groups is 2. The van der Waals surface area contributed by atoms with E-state index in [2.05, 4.69) is 10.2 Å². The number of thiazole rings is 1. The van der Waals surface area contributed by atoms with E-state index in [0.29, 0.717) is 13.3 Å². The number of aliphatic carboxylic acids is 1. The second-order valence-electron chi connectivity index (χ2n) is 9.07. The normalized spacial score (nSPS) is 24.8. The predicted molar refractivity (Wildman–Crippen MR) is 134 cm³/mol. The van der Waals surface area contributed by atoms with Crippen molar-refractivity contribution < 1.29 is 24.5 Å². The molecule has 9 nitrogen and oxygen atoms in total. The van der Waals surface area contributed by atoms with Crippen LogP contribution in [0.15, 0.2) is 46.3 Å². The number of ether oxygens (including phenoxy) is 1. The summed E-state index contributed by atoms with van der Waals surface area (Å²) >= 11 is 3.14. The molecule has 2 fully saturated rings. The van der Waals surface area contributed by atoms with Crippen molar-refractivity contribution in [1.29, 1.82) is 0 Å². The standard InChI is InChI=1S/C24H28N4O5S2/c1-13-19-18(14(2)29)22(30)28(19)20(23(31)32)21(13)35-17-9-27(10-17)24-26-15(11-34-24)8-25-12-33-16-6-4-3-5-7-16/h3-7,11,13-14,17-19,25,29H,8-10,12H2,1-2H3,(H,31,32)/t13-,14-,18-,19-/m1/s1. The lowest BCUT2D eigenvalue weighted by Crippen LogP contribution is -2.63. The highest BCUT2D eigenvalue weighted by Gasteiger charge is 2.60. The van der Waals surface area contributed by atoms with Crippen LogP contribution >= 0.6 is 23.1 Å². The summed E-state index contributed by atoms with van der Waals surface area (Å²) in [4.78, 5) is 33.5. The Morgan fingerprint density at radius 1 is 1.34 bits per heavy atom. The van der Waals surface area contributed by atoms with Crippen molar-refractivity contribution in [2.45, 2.75) is 37.8 Å². The van der Waals surface area contributed by atoms with Crippen molar-refractivity contribution in [3.63, 3.8) is 0 Å². The molecule has 0 aliphatic carbocycles. The molecule has 4 atom stereocenters.